The van der Waals surface area contributed by atoms with Crippen molar-refractivity contribution in [2.75, 3.05) is 7.11 Å². The van der Waals surface area contributed by atoms with Gasteiger partial charge in [0, 0.05) is 16.5 Å². The number of hydrogen-bond acceptors (Lipinski definition) is 3. The topological polar surface area (TPSA) is 42.2 Å². The van der Waals surface area contributed by atoms with E-state index in [1.165, 1.54) is 12.1 Å². The highest BCUT2D eigenvalue weighted by Crippen LogP contribution is 2.26. The molecule has 0 aliphatic heterocycles. The molecule has 0 saturated carbocycles. The molecule has 0 radical (unpaired) electrons. The molecule has 3 nitrogen and oxygen atoms in total. The fraction of sp³-hybridized carbons (Fsp3) is 0.188. The lowest BCUT2D eigenvalue weighted by atomic mass is 10.1. The predicted molar refractivity (Wildman–Crippen MR) is 81.1 cm³/mol. The van der Waals surface area contributed by atoms with Crippen molar-refractivity contribution < 1.29 is 13.9 Å². The van der Waals surface area contributed by atoms with Gasteiger partial charge in [-0.25, -0.2) is 4.39 Å². The molecule has 0 aliphatic carbocycles. The van der Waals surface area contributed by atoms with Gasteiger partial charge in [0.1, 0.15) is 23.9 Å². The van der Waals surface area contributed by atoms with Gasteiger partial charge in [-0.1, -0.05) is 15.9 Å². The Morgan fingerprint density at radius 1 is 1.14 bits per heavy atom. The fourth-order valence-corrected chi connectivity index (χ4v) is 2.35. The summed E-state index contributed by atoms with van der Waals surface area (Å²) in [6, 6.07) is 11.6. The smallest absolute Gasteiger partial charge is 0.125 e. The van der Waals surface area contributed by atoms with Gasteiger partial charge < -0.3 is 9.47 Å². The number of nitrogens with zero attached hydrogens (tertiary/aromatic N) is 1. The summed E-state index contributed by atoms with van der Waals surface area (Å²) in [4.78, 5) is 0. The average molecular weight is 350 g/mol. The monoisotopic (exact) mass is 349 g/mol. The molecule has 0 amide bonds. The van der Waals surface area contributed by atoms with Crippen LogP contribution in [0.4, 0.5) is 4.39 Å². The van der Waals surface area contributed by atoms with E-state index in [2.05, 4.69) is 22.0 Å². The minimum absolute atomic E-state index is 0.240. The second-order valence-corrected chi connectivity index (χ2v) is 4.87. The van der Waals surface area contributed by atoms with Crippen LogP contribution in [0.2, 0.25) is 0 Å². The molecule has 0 spiro atoms. The zero-order valence-electron chi connectivity index (χ0n) is 11.4. The number of alkyl halides is 1. The van der Waals surface area contributed by atoms with Crippen molar-refractivity contribution in [2.24, 2.45) is 0 Å². The van der Waals surface area contributed by atoms with Crippen molar-refractivity contribution in [2.45, 2.75) is 11.9 Å². The van der Waals surface area contributed by atoms with E-state index in [1.54, 1.807) is 31.4 Å². The van der Waals surface area contributed by atoms with Crippen LogP contribution < -0.4 is 9.47 Å². The summed E-state index contributed by atoms with van der Waals surface area (Å²) in [5.41, 5.74) is 2.03. The maximum absolute atomic E-state index is 13.2. The summed E-state index contributed by atoms with van der Waals surface area (Å²) in [5, 5.41) is 9.44. The van der Waals surface area contributed by atoms with Crippen LogP contribution in [0, 0.1) is 17.1 Å². The van der Waals surface area contributed by atoms with Gasteiger partial charge in [-0.3, -0.25) is 0 Å². The van der Waals surface area contributed by atoms with Crippen molar-refractivity contribution in [3.63, 3.8) is 0 Å². The van der Waals surface area contributed by atoms with Crippen LogP contribution in [0.1, 0.15) is 16.7 Å². The minimum Gasteiger partial charge on any atom is -0.496 e. The number of halogens is 2. The minimum atomic E-state index is -0.305. The number of ether oxygens (including phenoxy) is 2. The molecule has 2 aromatic carbocycles. The van der Waals surface area contributed by atoms with Gasteiger partial charge in [0.05, 0.1) is 18.7 Å². The van der Waals surface area contributed by atoms with E-state index < -0.39 is 0 Å². The molecule has 0 aromatic heterocycles. The van der Waals surface area contributed by atoms with Gasteiger partial charge in [0.2, 0.25) is 0 Å². The van der Waals surface area contributed by atoms with Crippen molar-refractivity contribution in [3.05, 3.63) is 58.9 Å². The predicted octanol–water partition coefficient (Wildman–Crippen LogP) is 4.18. The Morgan fingerprint density at radius 3 is 2.57 bits per heavy atom. The number of nitriles is 1. The molecule has 2 rings (SSSR count). The highest BCUT2D eigenvalue weighted by Gasteiger charge is 2.08. The number of hydrogen-bond donors (Lipinski definition) is 0. The third kappa shape index (κ3) is 3.73. The first kappa shape index (κ1) is 15.3. The summed E-state index contributed by atoms with van der Waals surface area (Å²) in [5.74, 6) is 0.940. The number of rotatable bonds is 5. The lowest BCUT2D eigenvalue weighted by molar-refractivity contribution is 0.294. The maximum Gasteiger partial charge on any atom is 0.125 e. The van der Waals surface area contributed by atoms with E-state index in [0.29, 0.717) is 22.4 Å². The number of benzene rings is 2. The average Bonchev–Trinajstić information content (AvgIpc) is 2.53. The van der Waals surface area contributed by atoms with Gasteiger partial charge in [0.25, 0.3) is 0 Å². The molecule has 0 aliphatic rings. The third-order valence-corrected chi connectivity index (χ3v) is 3.56. The first-order valence-electron chi connectivity index (χ1n) is 6.22. The quantitative estimate of drug-likeness (QED) is 0.760. The second kappa shape index (κ2) is 7.09. The van der Waals surface area contributed by atoms with Gasteiger partial charge in [-0.15, -0.1) is 0 Å². The standard InChI is InChI=1S/C16H13BrFNO2/c1-20-15-4-2-11(9-19)6-13(15)10-21-16-5-3-14(18)7-12(16)8-17/h2-7H,8,10H2,1H3. The summed E-state index contributed by atoms with van der Waals surface area (Å²) in [6.45, 7) is 0.240. The SMILES string of the molecule is COc1ccc(C#N)cc1COc1ccc(F)cc1CBr. The first-order valence-corrected chi connectivity index (χ1v) is 7.34. The van der Waals surface area contributed by atoms with Crippen molar-refractivity contribution in [1.29, 1.82) is 5.26 Å². The molecule has 108 valence electrons. The molecule has 21 heavy (non-hydrogen) atoms. The highest BCUT2D eigenvalue weighted by atomic mass is 79.9. The molecular weight excluding hydrogens is 337 g/mol. The molecule has 5 heteroatoms. The van der Waals surface area contributed by atoms with Crippen LogP contribution in [0.5, 0.6) is 11.5 Å². The van der Waals surface area contributed by atoms with Gasteiger partial charge in [0.15, 0.2) is 0 Å². The van der Waals surface area contributed by atoms with E-state index in [0.717, 1.165) is 11.1 Å². The molecule has 0 fully saturated rings. The fourth-order valence-electron chi connectivity index (χ4n) is 1.91. The normalized spacial score (nSPS) is 10.0. The molecular formula is C16H13BrFNO2. The molecule has 0 unspecified atom stereocenters. The second-order valence-electron chi connectivity index (χ2n) is 4.31. The summed E-state index contributed by atoms with van der Waals surface area (Å²) in [6.07, 6.45) is 0. The van der Waals surface area contributed by atoms with Gasteiger partial charge in [-0.2, -0.15) is 5.26 Å². The first-order chi connectivity index (χ1) is 10.2. The van der Waals surface area contributed by atoms with Crippen LogP contribution >= 0.6 is 15.9 Å². The molecule has 0 heterocycles. The van der Waals surface area contributed by atoms with Crippen LogP contribution in [-0.2, 0) is 11.9 Å². The highest BCUT2D eigenvalue weighted by molar-refractivity contribution is 9.08. The van der Waals surface area contributed by atoms with E-state index >= 15 is 0 Å². The van der Waals surface area contributed by atoms with Crippen molar-refractivity contribution in [3.8, 4) is 17.6 Å². The van der Waals surface area contributed by atoms with Crippen molar-refractivity contribution in [1.82, 2.24) is 0 Å². The van der Waals surface area contributed by atoms with Crippen LogP contribution in [0.3, 0.4) is 0 Å². The Kier molecular flexibility index (Phi) is 5.18. The lowest BCUT2D eigenvalue weighted by Crippen LogP contribution is -2.01. The van der Waals surface area contributed by atoms with Crippen LogP contribution in [0.25, 0.3) is 0 Å². The zero-order chi connectivity index (χ0) is 15.2. The van der Waals surface area contributed by atoms with Crippen molar-refractivity contribution >= 4 is 15.9 Å². The molecule has 2 aromatic rings. The molecule has 0 atom stereocenters. The Bertz CT molecular complexity index is 682. The Labute approximate surface area is 131 Å². The zero-order valence-corrected chi connectivity index (χ0v) is 13.0. The van der Waals surface area contributed by atoms with Crippen LogP contribution in [-0.4, -0.2) is 7.11 Å². The largest absolute Gasteiger partial charge is 0.496 e. The summed E-state index contributed by atoms with van der Waals surface area (Å²) >= 11 is 3.31. The lowest BCUT2D eigenvalue weighted by Gasteiger charge is -2.13. The summed E-state index contributed by atoms with van der Waals surface area (Å²) < 4.78 is 24.2. The van der Waals surface area contributed by atoms with E-state index in [1.807, 2.05) is 0 Å². The van der Waals surface area contributed by atoms with E-state index in [9.17, 15) is 4.39 Å². The van der Waals surface area contributed by atoms with E-state index in [4.69, 9.17) is 14.7 Å². The maximum atomic E-state index is 13.2. The van der Waals surface area contributed by atoms with Gasteiger partial charge >= 0.3 is 0 Å². The molecule has 0 saturated heterocycles. The van der Waals surface area contributed by atoms with E-state index in [-0.39, 0.29) is 12.4 Å². The molecule has 0 bridgehead atoms. The Balaban J connectivity index is 2.22. The van der Waals surface area contributed by atoms with Gasteiger partial charge in [-0.05, 0) is 36.4 Å². The Morgan fingerprint density at radius 2 is 1.90 bits per heavy atom. The number of methoxy groups -OCH3 is 1. The Hall–Kier alpha value is -2.06. The molecule has 0 N–H and O–H groups in total. The van der Waals surface area contributed by atoms with Crippen LogP contribution in [0.15, 0.2) is 36.4 Å². The third-order valence-electron chi connectivity index (χ3n) is 2.96. The summed E-state index contributed by atoms with van der Waals surface area (Å²) in [7, 11) is 1.56.